The Morgan fingerprint density at radius 3 is 2.83 bits per heavy atom. The summed E-state index contributed by atoms with van der Waals surface area (Å²) >= 11 is 5.40. The predicted molar refractivity (Wildman–Crippen MR) is 51.4 cm³/mol. The summed E-state index contributed by atoms with van der Waals surface area (Å²) < 4.78 is 0. The molecule has 0 heterocycles. The maximum atomic E-state index is 10.9. The standard InChI is InChI=1S/C8H15ClN2O/c1-2-11-8(12)7-10-6-4-3-5-9/h3-4,10H,2,5-7H2,1H3,(H,11,12)/b4-3+. The summed E-state index contributed by atoms with van der Waals surface area (Å²) in [6, 6.07) is 0. The number of alkyl halides is 1. The van der Waals surface area contributed by atoms with Crippen molar-refractivity contribution in [3.05, 3.63) is 12.2 Å². The van der Waals surface area contributed by atoms with E-state index in [1.165, 1.54) is 0 Å². The Bertz CT molecular complexity index is 148. The number of hydrogen-bond acceptors (Lipinski definition) is 2. The van der Waals surface area contributed by atoms with Crippen molar-refractivity contribution in [3.63, 3.8) is 0 Å². The lowest BCUT2D eigenvalue weighted by atomic mass is 10.5. The zero-order chi connectivity index (χ0) is 9.23. The van der Waals surface area contributed by atoms with Crippen LogP contribution in [0.4, 0.5) is 0 Å². The molecule has 0 saturated heterocycles. The molecule has 0 aromatic carbocycles. The molecule has 2 N–H and O–H groups in total. The summed E-state index contributed by atoms with van der Waals surface area (Å²) in [7, 11) is 0. The molecule has 0 atom stereocenters. The van der Waals surface area contributed by atoms with Crippen molar-refractivity contribution in [1.82, 2.24) is 10.6 Å². The van der Waals surface area contributed by atoms with Crippen LogP contribution in [0.25, 0.3) is 0 Å². The average molecular weight is 191 g/mol. The molecule has 0 rings (SSSR count). The maximum Gasteiger partial charge on any atom is 0.233 e. The van der Waals surface area contributed by atoms with Crippen molar-refractivity contribution in [2.45, 2.75) is 6.92 Å². The first-order chi connectivity index (χ1) is 5.81. The molecule has 0 aliphatic heterocycles. The van der Waals surface area contributed by atoms with Gasteiger partial charge in [0.2, 0.25) is 5.91 Å². The molecule has 0 aliphatic carbocycles. The van der Waals surface area contributed by atoms with Crippen LogP contribution in [0.1, 0.15) is 6.92 Å². The van der Waals surface area contributed by atoms with E-state index in [4.69, 9.17) is 11.6 Å². The number of carbonyl (C=O) groups excluding carboxylic acids is 1. The van der Waals surface area contributed by atoms with Gasteiger partial charge in [-0.3, -0.25) is 4.79 Å². The van der Waals surface area contributed by atoms with E-state index in [-0.39, 0.29) is 5.91 Å². The van der Waals surface area contributed by atoms with E-state index in [1.54, 1.807) is 0 Å². The topological polar surface area (TPSA) is 41.1 Å². The normalized spacial score (nSPS) is 10.5. The number of amides is 1. The third-order valence-electron chi connectivity index (χ3n) is 1.18. The summed E-state index contributed by atoms with van der Waals surface area (Å²) in [5, 5.41) is 5.63. The highest BCUT2D eigenvalue weighted by Gasteiger charge is 1.94. The Morgan fingerprint density at radius 1 is 1.50 bits per heavy atom. The Morgan fingerprint density at radius 2 is 2.25 bits per heavy atom. The summed E-state index contributed by atoms with van der Waals surface area (Å²) in [6.07, 6.45) is 3.73. The van der Waals surface area contributed by atoms with Gasteiger partial charge in [-0.25, -0.2) is 0 Å². The van der Waals surface area contributed by atoms with Crippen LogP contribution < -0.4 is 10.6 Å². The van der Waals surface area contributed by atoms with Crippen molar-refractivity contribution in [2.24, 2.45) is 0 Å². The van der Waals surface area contributed by atoms with E-state index in [9.17, 15) is 4.79 Å². The first kappa shape index (κ1) is 11.5. The number of allylic oxidation sites excluding steroid dienone is 1. The minimum absolute atomic E-state index is 0.0248. The van der Waals surface area contributed by atoms with Crippen molar-refractivity contribution in [2.75, 3.05) is 25.5 Å². The molecule has 12 heavy (non-hydrogen) atoms. The van der Waals surface area contributed by atoms with Gasteiger partial charge in [-0.05, 0) is 6.92 Å². The number of nitrogens with one attached hydrogen (secondary N) is 2. The van der Waals surface area contributed by atoms with Gasteiger partial charge in [-0.1, -0.05) is 12.2 Å². The molecule has 3 nitrogen and oxygen atoms in total. The van der Waals surface area contributed by atoms with Gasteiger partial charge in [0.25, 0.3) is 0 Å². The molecule has 0 saturated carbocycles. The van der Waals surface area contributed by atoms with Gasteiger partial charge in [0, 0.05) is 19.0 Å². The van der Waals surface area contributed by atoms with Gasteiger partial charge in [-0.15, -0.1) is 11.6 Å². The fraction of sp³-hybridized carbons (Fsp3) is 0.625. The molecule has 0 bridgehead atoms. The lowest BCUT2D eigenvalue weighted by Gasteiger charge is -2.01. The molecule has 0 aliphatic rings. The van der Waals surface area contributed by atoms with Gasteiger partial charge >= 0.3 is 0 Å². The second-order valence-electron chi connectivity index (χ2n) is 2.21. The van der Waals surface area contributed by atoms with Gasteiger partial charge in [0.05, 0.1) is 6.54 Å². The smallest absolute Gasteiger partial charge is 0.233 e. The lowest BCUT2D eigenvalue weighted by molar-refractivity contribution is -0.120. The second kappa shape index (κ2) is 8.56. The van der Waals surface area contributed by atoms with Crippen molar-refractivity contribution in [3.8, 4) is 0 Å². The van der Waals surface area contributed by atoms with Crippen LogP contribution in [0.2, 0.25) is 0 Å². The highest BCUT2D eigenvalue weighted by atomic mass is 35.5. The molecule has 0 unspecified atom stereocenters. The molecule has 70 valence electrons. The molecule has 4 heteroatoms. The minimum atomic E-state index is 0.0248. The number of rotatable bonds is 6. The number of carbonyl (C=O) groups is 1. The quantitative estimate of drug-likeness (QED) is 0.364. The fourth-order valence-corrected chi connectivity index (χ4v) is 0.801. The van der Waals surface area contributed by atoms with Crippen LogP contribution in [-0.4, -0.2) is 31.4 Å². The Kier molecular flexibility index (Phi) is 8.17. The SMILES string of the molecule is CCNC(=O)CNC/C=C/CCl. The van der Waals surface area contributed by atoms with Gasteiger partial charge in [0.15, 0.2) is 0 Å². The monoisotopic (exact) mass is 190 g/mol. The van der Waals surface area contributed by atoms with Crippen molar-refractivity contribution in [1.29, 1.82) is 0 Å². The third-order valence-corrected chi connectivity index (χ3v) is 1.36. The third kappa shape index (κ3) is 7.57. The van der Waals surface area contributed by atoms with E-state index in [2.05, 4.69) is 10.6 Å². The molecular formula is C8H15ClN2O. The molecular weight excluding hydrogens is 176 g/mol. The Hall–Kier alpha value is -0.540. The minimum Gasteiger partial charge on any atom is -0.355 e. The summed E-state index contributed by atoms with van der Waals surface area (Å²) in [6.45, 7) is 3.62. The van der Waals surface area contributed by atoms with Crippen LogP contribution in [0.3, 0.4) is 0 Å². The fourth-order valence-electron chi connectivity index (χ4n) is 0.675. The zero-order valence-corrected chi connectivity index (χ0v) is 8.03. The first-order valence-corrected chi connectivity index (χ1v) is 4.53. The number of hydrogen-bond donors (Lipinski definition) is 2. The summed E-state index contributed by atoms with van der Waals surface area (Å²) in [5.74, 6) is 0.541. The van der Waals surface area contributed by atoms with Crippen molar-refractivity contribution >= 4 is 17.5 Å². The van der Waals surface area contributed by atoms with Gasteiger partial charge in [-0.2, -0.15) is 0 Å². The molecule has 0 aromatic heterocycles. The van der Waals surface area contributed by atoms with Crippen LogP contribution in [0, 0.1) is 0 Å². The van der Waals surface area contributed by atoms with E-state index in [0.29, 0.717) is 25.5 Å². The zero-order valence-electron chi connectivity index (χ0n) is 7.27. The van der Waals surface area contributed by atoms with E-state index >= 15 is 0 Å². The Labute approximate surface area is 78.2 Å². The Balaban J connectivity index is 3.19. The first-order valence-electron chi connectivity index (χ1n) is 3.99. The van der Waals surface area contributed by atoms with E-state index in [0.717, 1.165) is 0 Å². The van der Waals surface area contributed by atoms with Gasteiger partial charge < -0.3 is 10.6 Å². The van der Waals surface area contributed by atoms with E-state index < -0.39 is 0 Å². The molecule has 0 aromatic rings. The summed E-state index contributed by atoms with van der Waals surface area (Å²) in [4.78, 5) is 10.9. The number of halogens is 1. The van der Waals surface area contributed by atoms with Crippen LogP contribution in [-0.2, 0) is 4.79 Å². The molecule has 0 spiro atoms. The average Bonchev–Trinajstić information content (AvgIpc) is 2.05. The van der Waals surface area contributed by atoms with Crippen LogP contribution >= 0.6 is 11.6 Å². The molecule has 0 radical (unpaired) electrons. The largest absolute Gasteiger partial charge is 0.355 e. The van der Waals surface area contributed by atoms with Gasteiger partial charge in [0.1, 0.15) is 0 Å². The maximum absolute atomic E-state index is 10.9. The van der Waals surface area contributed by atoms with Crippen LogP contribution in [0.15, 0.2) is 12.2 Å². The highest BCUT2D eigenvalue weighted by molar-refractivity contribution is 6.18. The summed E-state index contributed by atoms with van der Waals surface area (Å²) in [5.41, 5.74) is 0. The lowest BCUT2D eigenvalue weighted by Crippen LogP contribution is -2.33. The number of likely N-dealkylation sites (N-methyl/N-ethyl adjacent to an activating group) is 1. The van der Waals surface area contributed by atoms with Crippen LogP contribution in [0.5, 0.6) is 0 Å². The second-order valence-corrected chi connectivity index (χ2v) is 2.52. The van der Waals surface area contributed by atoms with Crippen molar-refractivity contribution < 1.29 is 4.79 Å². The molecule has 1 amide bonds. The highest BCUT2D eigenvalue weighted by Crippen LogP contribution is 1.75. The van der Waals surface area contributed by atoms with E-state index in [1.807, 2.05) is 19.1 Å². The molecule has 0 fully saturated rings. The predicted octanol–water partition coefficient (Wildman–Crippen LogP) is 0.507.